The summed E-state index contributed by atoms with van der Waals surface area (Å²) in [6, 6.07) is 4.49. The molecule has 2 aromatic rings. The number of carbonyl (C=O) groups excluding carboxylic acids is 4. The van der Waals surface area contributed by atoms with Gasteiger partial charge in [-0.25, -0.2) is 0 Å². The molecule has 2 saturated heterocycles. The summed E-state index contributed by atoms with van der Waals surface area (Å²) in [5.41, 5.74) is 2.27. The average molecular weight is 422 g/mol. The van der Waals surface area contributed by atoms with Gasteiger partial charge in [-0.1, -0.05) is 6.07 Å². The number of nitrogens with zero attached hydrogens (tertiary/aromatic N) is 3. The minimum atomic E-state index is -0.956. The summed E-state index contributed by atoms with van der Waals surface area (Å²) in [5, 5.41) is 13.2. The van der Waals surface area contributed by atoms with Crippen molar-refractivity contribution in [3.63, 3.8) is 0 Å². The molecule has 10 heteroatoms. The molecule has 3 aliphatic rings. The molecule has 2 atom stereocenters. The third-order valence-corrected chi connectivity index (χ3v) is 6.01. The summed E-state index contributed by atoms with van der Waals surface area (Å²) in [6.07, 6.45) is 5.02. The van der Waals surface area contributed by atoms with Gasteiger partial charge in [0.25, 0.3) is 11.8 Å². The van der Waals surface area contributed by atoms with Crippen LogP contribution < -0.4 is 16.0 Å². The number of fused-ring (bicyclic) bond motifs is 1. The number of benzene rings is 1. The molecule has 2 unspecified atom stereocenters. The molecule has 160 valence electrons. The second kappa shape index (κ2) is 7.62. The van der Waals surface area contributed by atoms with Gasteiger partial charge in [-0.2, -0.15) is 5.10 Å². The van der Waals surface area contributed by atoms with Crippen molar-refractivity contribution in [2.24, 2.45) is 0 Å². The van der Waals surface area contributed by atoms with Gasteiger partial charge >= 0.3 is 0 Å². The van der Waals surface area contributed by atoms with Crippen LogP contribution in [0.5, 0.6) is 0 Å². The molecule has 0 radical (unpaired) electrons. The van der Waals surface area contributed by atoms with Crippen LogP contribution in [0.25, 0.3) is 0 Å². The Morgan fingerprint density at radius 3 is 2.71 bits per heavy atom. The van der Waals surface area contributed by atoms with E-state index in [1.807, 2.05) is 10.9 Å². The zero-order valence-corrected chi connectivity index (χ0v) is 16.8. The fourth-order valence-electron chi connectivity index (χ4n) is 4.33. The van der Waals surface area contributed by atoms with E-state index in [9.17, 15) is 19.2 Å². The van der Waals surface area contributed by atoms with Crippen LogP contribution in [0.4, 0.5) is 5.69 Å². The molecule has 2 fully saturated rings. The first kappa shape index (κ1) is 19.4. The number of amides is 4. The minimum Gasteiger partial charge on any atom is -0.378 e. The first-order chi connectivity index (χ1) is 15.0. The second-order valence-corrected chi connectivity index (χ2v) is 8.04. The lowest BCUT2D eigenvalue weighted by Gasteiger charge is -2.27. The zero-order valence-electron chi connectivity index (χ0n) is 16.8. The number of nitrogens with one attached hydrogen (secondary N) is 3. The molecule has 3 aliphatic heterocycles. The third-order valence-electron chi connectivity index (χ3n) is 6.01. The molecular weight excluding hydrogens is 400 g/mol. The highest BCUT2D eigenvalue weighted by molar-refractivity contribution is 6.23. The number of hydrogen-bond acceptors (Lipinski definition) is 7. The van der Waals surface area contributed by atoms with E-state index in [4.69, 9.17) is 0 Å². The first-order valence-electron chi connectivity index (χ1n) is 10.3. The van der Waals surface area contributed by atoms with E-state index in [-0.39, 0.29) is 24.0 Å². The Bertz CT molecular complexity index is 1090. The van der Waals surface area contributed by atoms with E-state index < -0.39 is 29.7 Å². The van der Waals surface area contributed by atoms with Gasteiger partial charge in [0.2, 0.25) is 11.8 Å². The maximum Gasteiger partial charge on any atom is 0.262 e. The third kappa shape index (κ3) is 3.48. The van der Waals surface area contributed by atoms with E-state index in [0.717, 1.165) is 35.7 Å². The molecule has 0 saturated carbocycles. The standard InChI is InChI=1S/C21H22N6O4/c28-18-4-3-17(19(29)25-18)27-20(30)15-2-1-12(7-16(15)21(27)31)8-23-13-9-24-26(11-13)14-5-6-22-10-14/h1-2,7,9,11,14,17,22-23H,3-6,8,10H2,(H,25,28,29). The lowest BCUT2D eigenvalue weighted by molar-refractivity contribution is -0.136. The zero-order chi connectivity index (χ0) is 21.5. The summed E-state index contributed by atoms with van der Waals surface area (Å²) < 4.78 is 1.95. The van der Waals surface area contributed by atoms with Crippen molar-refractivity contribution in [1.82, 2.24) is 25.3 Å². The predicted molar refractivity (Wildman–Crippen MR) is 109 cm³/mol. The molecule has 1 aromatic heterocycles. The van der Waals surface area contributed by atoms with Crippen LogP contribution in [-0.4, -0.2) is 57.4 Å². The van der Waals surface area contributed by atoms with Crippen LogP contribution in [0.3, 0.4) is 0 Å². The Morgan fingerprint density at radius 2 is 1.94 bits per heavy atom. The number of aromatic nitrogens is 2. The summed E-state index contributed by atoms with van der Waals surface area (Å²) in [7, 11) is 0. The van der Waals surface area contributed by atoms with Crippen molar-refractivity contribution in [3.8, 4) is 0 Å². The largest absolute Gasteiger partial charge is 0.378 e. The molecule has 1 aromatic carbocycles. The Balaban J connectivity index is 1.29. The Hall–Kier alpha value is -3.53. The van der Waals surface area contributed by atoms with Crippen molar-refractivity contribution in [2.45, 2.75) is 37.9 Å². The van der Waals surface area contributed by atoms with Gasteiger partial charge in [0, 0.05) is 25.7 Å². The Morgan fingerprint density at radius 1 is 1.10 bits per heavy atom. The van der Waals surface area contributed by atoms with Crippen molar-refractivity contribution in [1.29, 1.82) is 0 Å². The average Bonchev–Trinajstić information content (AvgIpc) is 3.49. The van der Waals surface area contributed by atoms with E-state index in [2.05, 4.69) is 21.0 Å². The topological polar surface area (TPSA) is 125 Å². The maximum absolute atomic E-state index is 12.9. The number of imide groups is 2. The fraction of sp³-hybridized carbons (Fsp3) is 0.381. The Kier molecular flexibility index (Phi) is 4.78. The van der Waals surface area contributed by atoms with Gasteiger partial charge in [0.05, 0.1) is 29.1 Å². The fourth-order valence-corrected chi connectivity index (χ4v) is 4.33. The van der Waals surface area contributed by atoms with Crippen molar-refractivity contribution >= 4 is 29.3 Å². The SMILES string of the molecule is O=C1CCC(N2C(=O)c3ccc(CNc4cnn(C5CCNC5)c4)cc3C2=O)C(=O)N1. The second-order valence-electron chi connectivity index (χ2n) is 8.04. The lowest BCUT2D eigenvalue weighted by Crippen LogP contribution is -2.54. The van der Waals surface area contributed by atoms with Gasteiger partial charge in [0.15, 0.2) is 0 Å². The number of piperidine rings is 1. The highest BCUT2D eigenvalue weighted by atomic mass is 16.2. The monoisotopic (exact) mass is 422 g/mol. The number of carbonyl (C=O) groups is 4. The number of hydrogen-bond donors (Lipinski definition) is 3. The van der Waals surface area contributed by atoms with Gasteiger partial charge in [0.1, 0.15) is 6.04 Å². The van der Waals surface area contributed by atoms with Gasteiger partial charge in [-0.3, -0.25) is 34.1 Å². The molecule has 0 spiro atoms. The molecule has 0 bridgehead atoms. The molecule has 10 nitrogen and oxygen atoms in total. The summed E-state index contributed by atoms with van der Waals surface area (Å²) >= 11 is 0. The molecule has 4 heterocycles. The van der Waals surface area contributed by atoms with E-state index in [1.165, 1.54) is 0 Å². The maximum atomic E-state index is 12.9. The van der Waals surface area contributed by atoms with Gasteiger partial charge in [-0.05, 0) is 37.1 Å². The lowest BCUT2D eigenvalue weighted by atomic mass is 10.0. The normalized spacial score (nSPS) is 23.3. The smallest absolute Gasteiger partial charge is 0.262 e. The molecule has 31 heavy (non-hydrogen) atoms. The molecule has 4 amide bonds. The molecule has 3 N–H and O–H groups in total. The highest BCUT2D eigenvalue weighted by Crippen LogP contribution is 2.28. The van der Waals surface area contributed by atoms with Gasteiger partial charge < -0.3 is 10.6 Å². The molecule has 0 aliphatic carbocycles. The predicted octanol–water partition coefficient (Wildman–Crippen LogP) is 0.431. The molecular formula is C21H22N6O4. The first-order valence-corrected chi connectivity index (χ1v) is 10.3. The van der Waals surface area contributed by atoms with Crippen LogP contribution in [0.15, 0.2) is 30.6 Å². The minimum absolute atomic E-state index is 0.101. The van der Waals surface area contributed by atoms with E-state index >= 15 is 0 Å². The van der Waals surface area contributed by atoms with Crippen molar-refractivity contribution < 1.29 is 19.2 Å². The van der Waals surface area contributed by atoms with Crippen LogP contribution in [0.1, 0.15) is 51.6 Å². The quantitative estimate of drug-likeness (QED) is 0.597. The van der Waals surface area contributed by atoms with Crippen LogP contribution in [0.2, 0.25) is 0 Å². The van der Waals surface area contributed by atoms with Crippen molar-refractivity contribution in [3.05, 3.63) is 47.3 Å². The highest BCUT2D eigenvalue weighted by Gasteiger charge is 2.44. The van der Waals surface area contributed by atoms with Crippen LogP contribution in [-0.2, 0) is 16.1 Å². The van der Waals surface area contributed by atoms with Crippen LogP contribution >= 0.6 is 0 Å². The summed E-state index contributed by atoms with van der Waals surface area (Å²) in [6.45, 7) is 2.36. The van der Waals surface area contributed by atoms with Crippen LogP contribution in [0, 0.1) is 0 Å². The number of anilines is 1. The molecule has 5 rings (SSSR count). The van der Waals surface area contributed by atoms with E-state index in [1.54, 1.807) is 24.4 Å². The van der Waals surface area contributed by atoms with Gasteiger partial charge in [-0.15, -0.1) is 0 Å². The van der Waals surface area contributed by atoms with Crippen molar-refractivity contribution in [2.75, 3.05) is 18.4 Å². The Labute approximate surface area is 178 Å². The summed E-state index contributed by atoms with van der Waals surface area (Å²) in [4.78, 5) is 50.2. The van der Waals surface area contributed by atoms with E-state index in [0.29, 0.717) is 12.6 Å². The number of rotatable bonds is 5. The summed E-state index contributed by atoms with van der Waals surface area (Å²) in [5.74, 6) is -2.00.